The minimum absolute atomic E-state index is 0.000509. The molecule has 0 bridgehead atoms. The van der Waals surface area contributed by atoms with Crippen LogP contribution in [0.25, 0.3) is 0 Å². The third kappa shape index (κ3) is 1.26. The van der Waals surface area contributed by atoms with Gasteiger partial charge in [-0.3, -0.25) is 0 Å². The van der Waals surface area contributed by atoms with Gasteiger partial charge in [-0.2, -0.15) is 0 Å². The van der Waals surface area contributed by atoms with Crippen molar-refractivity contribution in [3.05, 3.63) is 23.3 Å². The largest absolute Gasteiger partial charge is 0.504 e. The molecule has 0 aromatic heterocycles. The summed E-state index contributed by atoms with van der Waals surface area (Å²) >= 11 is 0. The zero-order valence-electron chi connectivity index (χ0n) is 11.0. The molecule has 3 N–H and O–H groups in total. The highest BCUT2D eigenvalue weighted by Crippen LogP contribution is 2.60. The Balaban J connectivity index is 2.00. The van der Waals surface area contributed by atoms with Gasteiger partial charge in [-0.15, -0.1) is 0 Å². The van der Waals surface area contributed by atoms with E-state index in [9.17, 15) is 10.2 Å². The van der Waals surface area contributed by atoms with Crippen molar-refractivity contribution < 1.29 is 14.9 Å². The zero-order valence-corrected chi connectivity index (χ0v) is 11.0. The van der Waals surface area contributed by atoms with Crippen LogP contribution in [0.5, 0.6) is 11.5 Å². The summed E-state index contributed by atoms with van der Waals surface area (Å²) in [5.41, 5.74) is 2.21. The number of aliphatic hydroxyl groups is 1. The van der Waals surface area contributed by atoms with Crippen LogP contribution in [-0.4, -0.2) is 29.0 Å². The molecule has 1 unspecified atom stereocenters. The van der Waals surface area contributed by atoms with Gasteiger partial charge < -0.3 is 20.3 Å². The van der Waals surface area contributed by atoms with Crippen molar-refractivity contribution >= 4 is 0 Å². The fourth-order valence-corrected chi connectivity index (χ4v) is 4.38. The van der Waals surface area contributed by atoms with Crippen molar-refractivity contribution in [3.63, 3.8) is 0 Å². The average Bonchev–Trinajstić information content (AvgIpc) is 2.73. The zero-order chi connectivity index (χ0) is 13.2. The summed E-state index contributed by atoms with van der Waals surface area (Å²) in [4.78, 5) is 0. The molecule has 4 atom stereocenters. The van der Waals surface area contributed by atoms with Crippen LogP contribution < -0.4 is 10.1 Å². The molecule has 1 fully saturated rings. The van der Waals surface area contributed by atoms with Gasteiger partial charge in [-0.1, -0.05) is 13.0 Å². The molecule has 1 aromatic carbocycles. The summed E-state index contributed by atoms with van der Waals surface area (Å²) in [6, 6.07) is 3.70. The predicted octanol–water partition coefficient (Wildman–Crippen LogP) is 1.28. The molecule has 4 heteroatoms. The van der Waals surface area contributed by atoms with E-state index in [-0.39, 0.29) is 29.3 Å². The molecule has 0 saturated heterocycles. The minimum atomic E-state index is -0.313. The molecular weight excluding hydrogens is 242 g/mol. The molecule has 1 saturated carbocycles. The predicted molar refractivity (Wildman–Crippen MR) is 70.3 cm³/mol. The molecule has 1 spiro atoms. The molecule has 2 aliphatic heterocycles. The van der Waals surface area contributed by atoms with Crippen LogP contribution >= 0.6 is 0 Å². The number of aromatic hydroxyl groups is 1. The number of ether oxygens (including phenoxy) is 1. The monoisotopic (exact) mass is 261 g/mol. The minimum Gasteiger partial charge on any atom is -0.504 e. The molecule has 102 valence electrons. The summed E-state index contributed by atoms with van der Waals surface area (Å²) in [6.07, 6.45) is 1.31. The van der Waals surface area contributed by atoms with Crippen LogP contribution in [0, 0.1) is 5.92 Å². The highest BCUT2D eigenvalue weighted by Gasteiger charge is 2.60. The van der Waals surface area contributed by atoms with E-state index < -0.39 is 0 Å². The second-order valence-electron chi connectivity index (χ2n) is 6.11. The number of aliphatic hydroxyl groups excluding tert-OH is 1. The number of nitrogens with one attached hydrogen (secondary N) is 1. The first kappa shape index (κ1) is 11.6. The summed E-state index contributed by atoms with van der Waals surface area (Å²) in [6.45, 7) is 3.84. The van der Waals surface area contributed by atoms with Crippen molar-refractivity contribution in [3.8, 4) is 11.5 Å². The Morgan fingerprint density at radius 1 is 1.42 bits per heavy atom. The van der Waals surface area contributed by atoms with E-state index in [1.807, 2.05) is 6.07 Å². The van der Waals surface area contributed by atoms with Crippen LogP contribution in [0.15, 0.2) is 12.1 Å². The van der Waals surface area contributed by atoms with E-state index in [4.69, 9.17) is 4.74 Å². The second kappa shape index (κ2) is 3.64. The van der Waals surface area contributed by atoms with E-state index in [1.165, 1.54) is 5.56 Å². The molecule has 19 heavy (non-hydrogen) atoms. The standard InChI is InChI=1S/C15H19NO3/c1-8-11(18)6-12-15(8)4-5-16-7-9-2-3-10(17)14(19-12)13(9)15/h2-3,8,11-12,16-18H,4-7H2,1H3/t8?,11-,12+,15-/m1/s1. The Hall–Kier alpha value is -1.26. The Kier molecular flexibility index (Phi) is 2.22. The number of rotatable bonds is 0. The van der Waals surface area contributed by atoms with Gasteiger partial charge in [-0.05, 0) is 30.5 Å². The quantitative estimate of drug-likeness (QED) is 0.658. The fraction of sp³-hybridized carbons (Fsp3) is 0.600. The Bertz CT molecular complexity index is 544. The number of benzene rings is 1. The maximum Gasteiger partial charge on any atom is 0.165 e. The SMILES string of the molecule is CC1[C@H](O)C[C@@H]2Oc3c(O)ccc4c3[C@]12CCNC4. The third-order valence-corrected chi connectivity index (χ3v) is 5.40. The topological polar surface area (TPSA) is 61.7 Å². The van der Waals surface area contributed by atoms with Gasteiger partial charge in [-0.25, -0.2) is 0 Å². The summed E-state index contributed by atoms with van der Waals surface area (Å²) in [5.74, 6) is 1.06. The molecule has 2 heterocycles. The third-order valence-electron chi connectivity index (χ3n) is 5.40. The number of phenols is 1. The first-order chi connectivity index (χ1) is 9.14. The molecule has 4 rings (SSSR count). The molecule has 4 nitrogen and oxygen atoms in total. The maximum atomic E-state index is 10.2. The Morgan fingerprint density at radius 2 is 2.26 bits per heavy atom. The van der Waals surface area contributed by atoms with Gasteiger partial charge in [0.2, 0.25) is 0 Å². The van der Waals surface area contributed by atoms with E-state index in [0.29, 0.717) is 12.2 Å². The first-order valence-electron chi connectivity index (χ1n) is 7.05. The van der Waals surface area contributed by atoms with Crippen molar-refractivity contribution in [1.29, 1.82) is 0 Å². The summed E-state index contributed by atoms with van der Waals surface area (Å²) < 4.78 is 6.04. The lowest BCUT2D eigenvalue weighted by Crippen LogP contribution is -2.39. The van der Waals surface area contributed by atoms with E-state index in [1.54, 1.807) is 6.07 Å². The van der Waals surface area contributed by atoms with Crippen LogP contribution in [0.4, 0.5) is 0 Å². The molecular formula is C15H19NO3. The van der Waals surface area contributed by atoms with E-state index >= 15 is 0 Å². The molecule has 1 aromatic rings. The van der Waals surface area contributed by atoms with Crippen molar-refractivity contribution in [2.75, 3.05) is 6.54 Å². The van der Waals surface area contributed by atoms with E-state index in [2.05, 4.69) is 12.2 Å². The number of hydrogen-bond donors (Lipinski definition) is 3. The highest BCUT2D eigenvalue weighted by molar-refractivity contribution is 5.59. The van der Waals surface area contributed by atoms with Gasteiger partial charge in [0, 0.05) is 23.9 Å². The lowest BCUT2D eigenvalue weighted by molar-refractivity contribution is 0.115. The first-order valence-corrected chi connectivity index (χ1v) is 7.05. The van der Waals surface area contributed by atoms with Gasteiger partial charge in [0.25, 0.3) is 0 Å². The van der Waals surface area contributed by atoms with Crippen molar-refractivity contribution in [1.82, 2.24) is 5.32 Å². The fourth-order valence-electron chi connectivity index (χ4n) is 4.38. The van der Waals surface area contributed by atoms with Crippen LogP contribution in [0.2, 0.25) is 0 Å². The lowest BCUT2D eigenvalue weighted by atomic mass is 9.69. The molecule has 0 amide bonds. The van der Waals surface area contributed by atoms with Gasteiger partial charge in [0.1, 0.15) is 6.10 Å². The number of hydrogen-bond acceptors (Lipinski definition) is 4. The average molecular weight is 261 g/mol. The number of phenolic OH excluding ortho intramolecular Hbond substituents is 1. The lowest BCUT2D eigenvalue weighted by Gasteiger charge is -2.33. The molecule has 3 aliphatic rings. The normalized spacial score (nSPS) is 39.4. The van der Waals surface area contributed by atoms with Gasteiger partial charge >= 0.3 is 0 Å². The summed E-state index contributed by atoms with van der Waals surface area (Å²) in [7, 11) is 0. The van der Waals surface area contributed by atoms with Crippen molar-refractivity contribution in [2.24, 2.45) is 5.92 Å². The van der Waals surface area contributed by atoms with Crippen LogP contribution in [-0.2, 0) is 12.0 Å². The Labute approximate surface area is 112 Å². The van der Waals surface area contributed by atoms with Crippen LogP contribution in [0.1, 0.15) is 30.9 Å². The summed E-state index contributed by atoms with van der Waals surface area (Å²) in [5, 5.41) is 23.8. The molecule has 0 radical (unpaired) electrons. The second-order valence-corrected chi connectivity index (χ2v) is 6.11. The highest BCUT2D eigenvalue weighted by atomic mass is 16.5. The smallest absolute Gasteiger partial charge is 0.165 e. The van der Waals surface area contributed by atoms with Gasteiger partial charge in [0.15, 0.2) is 11.5 Å². The van der Waals surface area contributed by atoms with Crippen LogP contribution in [0.3, 0.4) is 0 Å². The maximum absolute atomic E-state index is 10.2. The van der Waals surface area contributed by atoms with Gasteiger partial charge in [0.05, 0.1) is 6.10 Å². The van der Waals surface area contributed by atoms with Crippen molar-refractivity contribution in [2.45, 2.75) is 43.9 Å². The van der Waals surface area contributed by atoms with E-state index in [0.717, 1.165) is 25.1 Å². The Morgan fingerprint density at radius 3 is 3.11 bits per heavy atom. The molecule has 1 aliphatic carbocycles.